The predicted molar refractivity (Wildman–Crippen MR) is 71.9 cm³/mol. The molecule has 1 N–H and O–H groups in total. The molecule has 1 aromatic carbocycles. The van der Waals surface area contributed by atoms with E-state index in [1.807, 2.05) is 19.1 Å². The van der Waals surface area contributed by atoms with Crippen LogP contribution in [0.15, 0.2) is 18.2 Å². The molecule has 4 nitrogen and oxygen atoms in total. The number of methoxy groups -OCH3 is 1. The fourth-order valence-electron chi connectivity index (χ4n) is 2.33. The Hall–Kier alpha value is -1.07. The molecule has 1 atom stereocenters. The molecule has 0 aliphatic carbocycles. The highest BCUT2D eigenvalue weighted by atomic mass is 32.2. The van der Waals surface area contributed by atoms with Crippen LogP contribution in [0.25, 0.3) is 0 Å². The quantitative estimate of drug-likeness (QED) is 0.887. The number of ether oxygens (including phenoxy) is 1. The molecular formula is C13H19NO3S. The van der Waals surface area contributed by atoms with E-state index in [1.165, 1.54) is 0 Å². The monoisotopic (exact) mass is 269 g/mol. The molecule has 1 unspecified atom stereocenters. The van der Waals surface area contributed by atoms with Crippen molar-refractivity contribution in [2.24, 2.45) is 0 Å². The van der Waals surface area contributed by atoms with Crippen LogP contribution in [0.3, 0.4) is 0 Å². The molecular weight excluding hydrogens is 250 g/mol. The molecule has 18 heavy (non-hydrogen) atoms. The number of aryl methyl sites for hydroxylation is 1. The van der Waals surface area contributed by atoms with Crippen molar-refractivity contribution in [1.82, 2.24) is 5.32 Å². The molecule has 2 rings (SSSR count). The third-order valence-electron chi connectivity index (χ3n) is 3.20. The van der Waals surface area contributed by atoms with Gasteiger partial charge in [0, 0.05) is 12.6 Å². The second kappa shape index (κ2) is 5.28. The molecule has 1 aliphatic heterocycles. The lowest BCUT2D eigenvalue weighted by Crippen LogP contribution is -2.46. The van der Waals surface area contributed by atoms with Gasteiger partial charge in [-0.25, -0.2) is 8.42 Å². The molecule has 1 heterocycles. The lowest BCUT2D eigenvalue weighted by molar-refractivity contribution is 0.405. The molecule has 1 fully saturated rings. The Bertz CT molecular complexity index is 525. The topological polar surface area (TPSA) is 55.4 Å². The fourth-order valence-corrected chi connectivity index (χ4v) is 3.78. The van der Waals surface area contributed by atoms with Gasteiger partial charge in [-0.2, -0.15) is 0 Å². The van der Waals surface area contributed by atoms with E-state index < -0.39 is 9.84 Å². The van der Waals surface area contributed by atoms with E-state index >= 15 is 0 Å². The zero-order chi connectivity index (χ0) is 13.2. The Morgan fingerprint density at radius 2 is 2.22 bits per heavy atom. The predicted octanol–water partition coefficient (Wildman–Crippen LogP) is 0.933. The van der Waals surface area contributed by atoms with E-state index in [-0.39, 0.29) is 17.5 Å². The summed E-state index contributed by atoms with van der Waals surface area (Å²) >= 11 is 0. The van der Waals surface area contributed by atoms with Crippen molar-refractivity contribution in [2.75, 3.05) is 25.2 Å². The van der Waals surface area contributed by atoms with Gasteiger partial charge in [0.2, 0.25) is 0 Å². The highest BCUT2D eigenvalue weighted by molar-refractivity contribution is 7.91. The van der Waals surface area contributed by atoms with Crippen LogP contribution in [-0.4, -0.2) is 39.6 Å². The lowest BCUT2D eigenvalue weighted by atomic mass is 10.0. The summed E-state index contributed by atoms with van der Waals surface area (Å²) in [5, 5.41) is 3.26. The summed E-state index contributed by atoms with van der Waals surface area (Å²) in [7, 11) is -1.25. The Labute approximate surface area is 108 Å². The number of hydrogen-bond donors (Lipinski definition) is 1. The minimum atomic E-state index is -2.89. The Kier molecular flexibility index (Phi) is 3.92. The molecule has 0 amide bonds. The second-order valence-corrected chi connectivity index (χ2v) is 7.01. The maximum Gasteiger partial charge on any atom is 0.153 e. The van der Waals surface area contributed by atoms with Gasteiger partial charge in [-0.1, -0.05) is 17.7 Å². The molecule has 1 aromatic rings. The second-order valence-electron chi connectivity index (χ2n) is 4.78. The summed E-state index contributed by atoms with van der Waals surface area (Å²) < 4.78 is 28.5. The number of rotatable bonds is 3. The smallest absolute Gasteiger partial charge is 0.153 e. The fraction of sp³-hybridized carbons (Fsp3) is 0.538. The third kappa shape index (κ3) is 3.23. The van der Waals surface area contributed by atoms with Gasteiger partial charge >= 0.3 is 0 Å². The molecule has 5 heteroatoms. The van der Waals surface area contributed by atoms with Gasteiger partial charge in [0.15, 0.2) is 9.84 Å². The van der Waals surface area contributed by atoms with Crippen molar-refractivity contribution in [3.63, 3.8) is 0 Å². The first-order chi connectivity index (χ1) is 8.50. The minimum absolute atomic E-state index is 0.0144. The van der Waals surface area contributed by atoms with Crippen LogP contribution >= 0.6 is 0 Å². The molecule has 0 saturated carbocycles. The van der Waals surface area contributed by atoms with Crippen LogP contribution in [0.5, 0.6) is 5.75 Å². The number of hydrogen-bond acceptors (Lipinski definition) is 4. The van der Waals surface area contributed by atoms with Crippen LogP contribution in [0.2, 0.25) is 0 Å². The summed E-state index contributed by atoms with van der Waals surface area (Å²) in [6.07, 6.45) is 0.685. The third-order valence-corrected chi connectivity index (χ3v) is 4.94. The highest BCUT2D eigenvalue weighted by Crippen LogP contribution is 2.22. The first-order valence-electron chi connectivity index (χ1n) is 6.07. The van der Waals surface area contributed by atoms with Crippen LogP contribution in [0, 0.1) is 6.92 Å². The van der Waals surface area contributed by atoms with Gasteiger partial charge in [-0.15, -0.1) is 0 Å². The van der Waals surface area contributed by atoms with Gasteiger partial charge in [-0.05, 0) is 25.0 Å². The number of benzene rings is 1. The van der Waals surface area contributed by atoms with Crippen molar-refractivity contribution in [3.8, 4) is 5.75 Å². The van der Waals surface area contributed by atoms with Crippen molar-refractivity contribution in [1.29, 1.82) is 0 Å². The number of nitrogens with one attached hydrogen (secondary N) is 1. The van der Waals surface area contributed by atoms with E-state index in [0.29, 0.717) is 13.0 Å². The summed E-state index contributed by atoms with van der Waals surface area (Å²) in [6.45, 7) is 2.56. The van der Waals surface area contributed by atoms with Crippen LogP contribution in [0.1, 0.15) is 11.1 Å². The minimum Gasteiger partial charge on any atom is -0.496 e. The van der Waals surface area contributed by atoms with Gasteiger partial charge in [0.05, 0.1) is 18.6 Å². The van der Waals surface area contributed by atoms with Crippen LogP contribution < -0.4 is 10.1 Å². The maximum atomic E-state index is 11.6. The summed E-state index contributed by atoms with van der Waals surface area (Å²) in [5.41, 5.74) is 2.22. The van der Waals surface area contributed by atoms with Crippen molar-refractivity contribution in [2.45, 2.75) is 19.4 Å². The van der Waals surface area contributed by atoms with Gasteiger partial charge in [0.25, 0.3) is 0 Å². The molecule has 0 radical (unpaired) electrons. The van der Waals surface area contributed by atoms with E-state index in [9.17, 15) is 8.42 Å². The summed E-state index contributed by atoms with van der Waals surface area (Å²) in [6, 6.07) is 5.97. The first kappa shape index (κ1) is 13.4. The first-order valence-corrected chi connectivity index (χ1v) is 7.89. The van der Waals surface area contributed by atoms with Gasteiger partial charge < -0.3 is 10.1 Å². The van der Waals surface area contributed by atoms with Gasteiger partial charge in [-0.3, -0.25) is 0 Å². The Balaban J connectivity index is 2.16. The SMILES string of the molecule is COc1ccc(C)cc1CC1CS(=O)(=O)CCN1. The molecule has 1 aliphatic rings. The summed E-state index contributed by atoms with van der Waals surface area (Å²) in [4.78, 5) is 0. The average molecular weight is 269 g/mol. The maximum absolute atomic E-state index is 11.6. The van der Waals surface area contributed by atoms with E-state index in [4.69, 9.17) is 4.74 Å². The number of sulfone groups is 1. The van der Waals surface area contributed by atoms with Crippen molar-refractivity contribution < 1.29 is 13.2 Å². The zero-order valence-electron chi connectivity index (χ0n) is 10.8. The lowest BCUT2D eigenvalue weighted by Gasteiger charge is -2.24. The van der Waals surface area contributed by atoms with Crippen LogP contribution in [0.4, 0.5) is 0 Å². The van der Waals surface area contributed by atoms with Crippen LogP contribution in [-0.2, 0) is 16.3 Å². The standard InChI is InChI=1S/C13H19NO3S/c1-10-3-4-13(17-2)11(7-10)8-12-9-18(15,16)6-5-14-12/h3-4,7,12,14H,5-6,8-9H2,1-2H3. The highest BCUT2D eigenvalue weighted by Gasteiger charge is 2.25. The summed E-state index contributed by atoms with van der Waals surface area (Å²) in [5.74, 6) is 1.28. The van der Waals surface area contributed by atoms with Crippen molar-refractivity contribution >= 4 is 9.84 Å². The van der Waals surface area contributed by atoms with E-state index in [2.05, 4.69) is 11.4 Å². The molecule has 0 aromatic heterocycles. The van der Waals surface area contributed by atoms with Crippen molar-refractivity contribution in [3.05, 3.63) is 29.3 Å². The molecule has 0 bridgehead atoms. The molecule has 0 spiro atoms. The van der Waals surface area contributed by atoms with Gasteiger partial charge in [0.1, 0.15) is 5.75 Å². The van der Waals surface area contributed by atoms with E-state index in [1.54, 1.807) is 7.11 Å². The van der Waals surface area contributed by atoms with E-state index in [0.717, 1.165) is 16.9 Å². The molecule has 100 valence electrons. The largest absolute Gasteiger partial charge is 0.496 e. The Morgan fingerprint density at radius 1 is 1.44 bits per heavy atom. The molecule has 1 saturated heterocycles. The normalized spacial score (nSPS) is 22.7. The Morgan fingerprint density at radius 3 is 2.89 bits per heavy atom. The average Bonchev–Trinajstić information content (AvgIpc) is 2.28. The zero-order valence-corrected chi connectivity index (χ0v) is 11.6.